The van der Waals surface area contributed by atoms with E-state index in [0.717, 1.165) is 10.3 Å². The molecular weight excluding hydrogens is 224 g/mol. The fraction of sp³-hybridized carbons (Fsp3) is 0.429. The van der Waals surface area contributed by atoms with Gasteiger partial charge < -0.3 is 11.1 Å². The van der Waals surface area contributed by atoms with Crippen molar-refractivity contribution >= 4 is 27.3 Å². The molecule has 0 amide bonds. The van der Waals surface area contributed by atoms with E-state index in [1.54, 1.807) is 11.3 Å². The quantitative estimate of drug-likeness (QED) is 0.836. The van der Waals surface area contributed by atoms with Crippen LogP contribution in [-0.2, 0) is 13.1 Å². The van der Waals surface area contributed by atoms with Crippen molar-refractivity contribution in [3.05, 3.63) is 20.3 Å². The summed E-state index contributed by atoms with van der Waals surface area (Å²) in [6.45, 7) is 1.53. The van der Waals surface area contributed by atoms with Crippen LogP contribution in [0.25, 0.3) is 0 Å². The number of nitrogens with two attached hydrogens (primary N) is 1. The summed E-state index contributed by atoms with van der Waals surface area (Å²) in [7, 11) is 1.94. The van der Waals surface area contributed by atoms with E-state index in [1.165, 1.54) is 10.4 Å². The molecule has 1 aromatic rings. The van der Waals surface area contributed by atoms with Gasteiger partial charge in [-0.1, -0.05) is 0 Å². The van der Waals surface area contributed by atoms with Crippen LogP contribution in [0.15, 0.2) is 9.85 Å². The van der Waals surface area contributed by atoms with Crippen molar-refractivity contribution in [2.24, 2.45) is 5.73 Å². The zero-order chi connectivity index (χ0) is 8.27. The lowest BCUT2D eigenvalue weighted by Crippen LogP contribution is -2.02. The first-order chi connectivity index (χ1) is 5.27. The monoisotopic (exact) mass is 234 g/mol. The minimum absolute atomic E-state index is 0.612. The van der Waals surface area contributed by atoms with E-state index in [-0.39, 0.29) is 0 Å². The largest absolute Gasteiger partial charge is 0.326 e. The van der Waals surface area contributed by atoms with Gasteiger partial charge in [0.15, 0.2) is 0 Å². The molecule has 0 aromatic carbocycles. The van der Waals surface area contributed by atoms with Gasteiger partial charge in [0.05, 0.1) is 3.79 Å². The summed E-state index contributed by atoms with van der Waals surface area (Å²) >= 11 is 5.20. The van der Waals surface area contributed by atoms with E-state index in [9.17, 15) is 0 Å². The van der Waals surface area contributed by atoms with Crippen LogP contribution in [-0.4, -0.2) is 7.05 Å². The summed E-state index contributed by atoms with van der Waals surface area (Å²) in [5, 5.41) is 3.10. The van der Waals surface area contributed by atoms with Crippen LogP contribution in [0.5, 0.6) is 0 Å². The Hall–Kier alpha value is 0.1000. The van der Waals surface area contributed by atoms with E-state index in [4.69, 9.17) is 5.73 Å². The van der Waals surface area contributed by atoms with Gasteiger partial charge in [-0.3, -0.25) is 0 Å². The number of hydrogen-bond donors (Lipinski definition) is 2. The highest BCUT2D eigenvalue weighted by Gasteiger charge is 2.03. The van der Waals surface area contributed by atoms with E-state index in [0.29, 0.717) is 6.54 Å². The molecule has 4 heteroatoms. The smallest absolute Gasteiger partial charge is 0.0746 e. The molecule has 0 atom stereocenters. The number of halogens is 1. The second kappa shape index (κ2) is 4.21. The van der Waals surface area contributed by atoms with Crippen molar-refractivity contribution in [3.63, 3.8) is 0 Å². The Balaban J connectivity index is 2.77. The topological polar surface area (TPSA) is 38.0 Å². The van der Waals surface area contributed by atoms with Crippen molar-refractivity contribution in [1.29, 1.82) is 0 Å². The fourth-order valence-corrected chi connectivity index (χ4v) is 2.68. The summed E-state index contributed by atoms with van der Waals surface area (Å²) in [6.07, 6.45) is 0. The fourth-order valence-electron chi connectivity index (χ4n) is 0.862. The summed E-state index contributed by atoms with van der Waals surface area (Å²) in [5.74, 6) is 0. The van der Waals surface area contributed by atoms with Gasteiger partial charge in [0, 0.05) is 18.0 Å². The second-order valence-corrected chi connectivity index (χ2v) is 4.70. The Morgan fingerprint density at radius 2 is 2.45 bits per heavy atom. The standard InChI is InChI=1S/C7H11BrN2S/c1-10-4-6-2-5(3-9)7(8)11-6/h2,10H,3-4,9H2,1H3. The molecule has 1 aromatic heterocycles. The van der Waals surface area contributed by atoms with Crippen LogP contribution in [0, 0.1) is 0 Å². The van der Waals surface area contributed by atoms with Gasteiger partial charge in [-0.2, -0.15) is 0 Å². The third-order valence-electron chi connectivity index (χ3n) is 1.38. The molecular formula is C7H11BrN2S. The molecule has 62 valence electrons. The average Bonchev–Trinajstić information content (AvgIpc) is 2.32. The molecule has 0 aliphatic carbocycles. The predicted octanol–water partition coefficient (Wildman–Crippen LogP) is 1.69. The molecule has 0 fully saturated rings. The number of hydrogen-bond acceptors (Lipinski definition) is 3. The van der Waals surface area contributed by atoms with Crippen molar-refractivity contribution < 1.29 is 0 Å². The van der Waals surface area contributed by atoms with Crippen LogP contribution in [0.1, 0.15) is 10.4 Å². The molecule has 11 heavy (non-hydrogen) atoms. The number of nitrogens with one attached hydrogen (secondary N) is 1. The molecule has 0 unspecified atom stereocenters. The maximum atomic E-state index is 5.52. The maximum Gasteiger partial charge on any atom is 0.0746 e. The summed E-state index contributed by atoms with van der Waals surface area (Å²) in [5.41, 5.74) is 6.71. The van der Waals surface area contributed by atoms with Crippen LogP contribution in [0.3, 0.4) is 0 Å². The highest BCUT2D eigenvalue weighted by molar-refractivity contribution is 9.11. The van der Waals surface area contributed by atoms with Crippen molar-refractivity contribution in [2.45, 2.75) is 13.1 Å². The van der Waals surface area contributed by atoms with Gasteiger partial charge in [0.2, 0.25) is 0 Å². The Morgan fingerprint density at radius 3 is 2.91 bits per heavy atom. The minimum atomic E-state index is 0.612. The molecule has 3 N–H and O–H groups in total. The zero-order valence-corrected chi connectivity index (χ0v) is 8.76. The summed E-state index contributed by atoms with van der Waals surface area (Å²) < 4.78 is 1.16. The van der Waals surface area contributed by atoms with Crippen LogP contribution < -0.4 is 11.1 Å². The van der Waals surface area contributed by atoms with Crippen LogP contribution in [0.2, 0.25) is 0 Å². The number of thiophene rings is 1. The first-order valence-electron chi connectivity index (χ1n) is 3.39. The highest BCUT2D eigenvalue weighted by Crippen LogP contribution is 2.27. The normalized spacial score (nSPS) is 10.5. The molecule has 1 heterocycles. The highest BCUT2D eigenvalue weighted by atomic mass is 79.9. The number of rotatable bonds is 3. The van der Waals surface area contributed by atoms with Crippen molar-refractivity contribution in [3.8, 4) is 0 Å². The van der Waals surface area contributed by atoms with Gasteiger partial charge in [-0.25, -0.2) is 0 Å². The van der Waals surface area contributed by atoms with Gasteiger partial charge in [0.1, 0.15) is 0 Å². The Morgan fingerprint density at radius 1 is 1.73 bits per heavy atom. The third-order valence-corrected chi connectivity index (χ3v) is 3.34. The summed E-state index contributed by atoms with van der Waals surface area (Å²) in [4.78, 5) is 1.32. The lowest BCUT2D eigenvalue weighted by atomic mass is 10.3. The Bertz CT molecular complexity index is 234. The first kappa shape index (κ1) is 9.19. The minimum Gasteiger partial charge on any atom is -0.326 e. The van der Waals surface area contributed by atoms with Crippen molar-refractivity contribution in [2.75, 3.05) is 7.05 Å². The van der Waals surface area contributed by atoms with Gasteiger partial charge in [0.25, 0.3) is 0 Å². The first-order valence-corrected chi connectivity index (χ1v) is 5.00. The third kappa shape index (κ3) is 2.27. The molecule has 0 saturated heterocycles. The Kier molecular flexibility index (Phi) is 3.51. The molecule has 0 saturated carbocycles. The predicted molar refractivity (Wildman–Crippen MR) is 52.7 cm³/mol. The lowest BCUT2D eigenvalue weighted by molar-refractivity contribution is 0.830. The van der Waals surface area contributed by atoms with E-state index in [1.807, 2.05) is 7.05 Å². The van der Waals surface area contributed by atoms with E-state index < -0.39 is 0 Å². The molecule has 0 bridgehead atoms. The molecule has 0 aliphatic rings. The SMILES string of the molecule is CNCc1cc(CN)c(Br)s1. The second-order valence-electron chi connectivity index (χ2n) is 2.25. The molecule has 0 aliphatic heterocycles. The Labute approximate surface area is 78.9 Å². The van der Waals surface area contributed by atoms with Gasteiger partial charge in [-0.15, -0.1) is 11.3 Å². The zero-order valence-electron chi connectivity index (χ0n) is 6.36. The van der Waals surface area contributed by atoms with Gasteiger partial charge >= 0.3 is 0 Å². The molecule has 0 spiro atoms. The van der Waals surface area contributed by atoms with Crippen molar-refractivity contribution in [1.82, 2.24) is 5.32 Å². The molecule has 2 nitrogen and oxygen atoms in total. The lowest BCUT2D eigenvalue weighted by Gasteiger charge is -1.90. The van der Waals surface area contributed by atoms with Crippen LogP contribution in [0.4, 0.5) is 0 Å². The maximum absolute atomic E-state index is 5.52. The molecule has 0 radical (unpaired) electrons. The summed E-state index contributed by atoms with van der Waals surface area (Å²) in [6, 6.07) is 2.13. The molecule has 1 rings (SSSR count). The van der Waals surface area contributed by atoms with Crippen LogP contribution >= 0.6 is 27.3 Å². The van der Waals surface area contributed by atoms with E-state index in [2.05, 4.69) is 27.3 Å². The average molecular weight is 235 g/mol. The van der Waals surface area contributed by atoms with Gasteiger partial charge in [-0.05, 0) is 34.6 Å². The van der Waals surface area contributed by atoms with E-state index >= 15 is 0 Å².